The first-order valence-electron chi connectivity index (χ1n) is 7.79. The van der Waals surface area contributed by atoms with Crippen LogP contribution in [-0.2, 0) is 0 Å². The van der Waals surface area contributed by atoms with Gasteiger partial charge in [0.05, 0.1) is 0 Å². The number of nitrogens with one attached hydrogen (secondary N) is 1. The maximum Gasteiger partial charge on any atom is 0.256 e. The molecule has 1 aromatic carbocycles. The maximum atomic E-state index is 12.3. The quantitative estimate of drug-likeness (QED) is 0.924. The molecule has 0 aromatic heterocycles. The number of rotatable bonds is 3. The van der Waals surface area contributed by atoms with Gasteiger partial charge >= 0.3 is 0 Å². The Morgan fingerprint density at radius 3 is 2.32 bits per heavy atom. The highest BCUT2D eigenvalue weighted by molar-refractivity contribution is 6.07. The van der Waals surface area contributed by atoms with Gasteiger partial charge in [-0.25, -0.2) is 0 Å². The number of carbonyl (C=O) groups is 1. The molecule has 4 nitrogen and oxygen atoms in total. The molecule has 0 saturated carbocycles. The van der Waals surface area contributed by atoms with Crippen molar-refractivity contribution in [2.24, 2.45) is 11.0 Å². The van der Waals surface area contributed by atoms with Crippen molar-refractivity contribution < 1.29 is 4.79 Å². The second kappa shape index (κ2) is 6.77. The molecule has 0 saturated heterocycles. The lowest BCUT2D eigenvalue weighted by Crippen LogP contribution is -2.34. The van der Waals surface area contributed by atoms with E-state index in [4.69, 9.17) is 0 Å². The molecule has 1 heterocycles. The predicted octanol–water partition coefficient (Wildman–Crippen LogP) is 3.73. The van der Waals surface area contributed by atoms with E-state index in [0.29, 0.717) is 29.7 Å². The zero-order valence-electron chi connectivity index (χ0n) is 14.1. The number of amidine groups is 1. The molecule has 22 heavy (non-hydrogen) atoms. The van der Waals surface area contributed by atoms with Crippen LogP contribution in [0, 0.1) is 5.92 Å². The van der Waals surface area contributed by atoms with Gasteiger partial charge in [-0.3, -0.25) is 9.80 Å². The van der Waals surface area contributed by atoms with Gasteiger partial charge in [0, 0.05) is 25.2 Å². The molecule has 1 aliphatic rings. The number of benzene rings is 1. The molecule has 4 heteroatoms. The van der Waals surface area contributed by atoms with Crippen molar-refractivity contribution in [2.45, 2.75) is 40.0 Å². The smallest absolute Gasteiger partial charge is 0.256 e. The first kappa shape index (κ1) is 16.3. The molecular formula is C18H25N3O. The summed E-state index contributed by atoms with van der Waals surface area (Å²) in [5.74, 6) is 1.50. The lowest BCUT2D eigenvalue weighted by molar-refractivity contribution is 0.0975. The summed E-state index contributed by atoms with van der Waals surface area (Å²) in [5, 5.41) is 9.06. The third-order valence-corrected chi connectivity index (χ3v) is 3.84. The van der Waals surface area contributed by atoms with Gasteiger partial charge in [0.15, 0.2) is 0 Å². The van der Waals surface area contributed by atoms with Crippen molar-refractivity contribution in [1.29, 1.82) is 0 Å². The zero-order chi connectivity index (χ0) is 16.3. The second-order valence-corrected chi connectivity index (χ2v) is 6.39. The number of nitrogens with zero attached hydrogens (tertiary/aromatic N) is 2. The van der Waals surface area contributed by atoms with E-state index in [9.17, 15) is 4.79 Å². The molecule has 2 rings (SSSR count). The van der Waals surface area contributed by atoms with E-state index in [1.165, 1.54) is 11.1 Å². The van der Waals surface area contributed by atoms with Gasteiger partial charge < -0.3 is 5.32 Å². The molecule has 0 aliphatic carbocycles. The van der Waals surface area contributed by atoms with Gasteiger partial charge in [-0.15, -0.1) is 0 Å². The number of amides is 1. The number of carbonyl (C=O) groups excluding carboxylic acids is 1. The Bertz CT molecular complexity index is 597. The topological polar surface area (TPSA) is 44.7 Å². The molecule has 0 fully saturated rings. The molecule has 1 N–H and O–H groups in total. The number of hydrogen-bond acceptors (Lipinski definition) is 3. The van der Waals surface area contributed by atoms with E-state index < -0.39 is 0 Å². The Labute approximate surface area is 132 Å². The Kier molecular flexibility index (Phi) is 5.01. The largest absolute Gasteiger partial charge is 0.308 e. The Morgan fingerprint density at radius 2 is 1.77 bits per heavy atom. The molecule has 0 unspecified atom stereocenters. The average Bonchev–Trinajstić information content (AvgIpc) is 2.46. The monoisotopic (exact) mass is 299 g/mol. The average molecular weight is 299 g/mol. The van der Waals surface area contributed by atoms with Crippen molar-refractivity contribution in [3.63, 3.8) is 0 Å². The standard InChI is InChI=1S/C18H25N3O/c1-12(2)14-6-8-15(9-7-14)18(22)19-17-10-16(13(3)4)11-21(5)20-17/h6-9,11-13H,10H2,1-5H3,(H,19,20,22). The molecule has 0 bridgehead atoms. The minimum atomic E-state index is -0.104. The molecule has 1 aromatic rings. The fraction of sp³-hybridized carbons (Fsp3) is 0.444. The van der Waals surface area contributed by atoms with Crippen LogP contribution in [0.15, 0.2) is 41.1 Å². The van der Waals surface area contributed by atoms with Crippen LogP contribution in [0.4, 0.5) is 0 Å². The summed E-state index contributed by atoms with van der Waals surface area (Å²) in [6, 6.07) is 7.76. The Morgan fingerprint density at radius 1 is 1.14 bits per heavy atom. The zero-order valence-corrected chi connectivity index (χ0v) is 14.1. The van der Waals surface area contributed by atoms with Crippen molar-refractivity contribution in [3.8, 4) is 0 Å². The summed E-state index contributed by atoms with van der Waals surface area (Å²) >= 11 is 0. The summed E-state index contributed by atoms with van der Waals surface area (Å²) < 4.78 is 0. The third-order valence-electron chi connectivity index (χ3n) is 3.84. The Hall–Kier alpha value is -2.10. The predicted molar refractivity (Wildman–Crippen MR) is 90.7 cm³/mol. The highest BCUT2D eigenvalue weighted by atomic mass is 16.1. The molecule has 1 amide bonds. The minimum Gasteiger partial charge on any atom is -0.308 e. The van der Waals surface area contributed by atoms with Crippen molar-refractivity contribution in [1.82, 2.24) is 10.3 Å². The molecular weight excluding hydrogens is 274 g/mol. The molecule has 0 atom stereocenters. The van der Waals surface area contributed by atoms with Gasteiger partial charge in [-0.2, -0.15) is 5.10 Å². The van der Waals surface area contributed by atoms with E-state index in [1.54, 1.807) is 5.01 Å². The first-order valence-corrected chi connectivity index (χ1v) is 7.79. The van der Waals surface area contributed by atoms with E-state index in [0.717, 1.165) is 0 Å². The summed E-state index contributed by atoms with van der Waals surface area (Å²) in [7, 11) is 1.88. The van der Waals surface area contributed by atoms with Gasteiger partial charge in [0.2, 0.25) is 0 Å². The SMILES string of the molecule is CC(C)C1=CN(C)N=C(NC(=O)c2ccc(C(C)C)cc2)C1. The van der Waals surface area contributed by atoms with Crippen molar-refractivity contribution in [2.75, 3.05) is 7.05 Å². The molecule has 0 spiro atoms. The van der Waals surface area contributed by atoms with Crippen LogP contribution in [0.2, 0.25) is 0 Å². The minimum absolute atomic E-state index is 0.104. The van der Waals surface area contributed by atoms with E-state index >= 15 is 0 Å². The van der Waals surface area contributed by atoms with E-state index in [1.807, 2.05) is 37.5 Å². The van der Waals surface area contributed by atoms with Crippen LogP contribution in [-0.4, -0.2) is 23.8 Å². The van der Waals surface area contributed by atoms with Crippen molar-refractivity contribution >= 4 is 11.7 Å². The summed E-state index contributed by atoms with van der Waals surface area (Å²) in [4.78, 5) is 12.3. The number of hydrazone groups is 1. The summed E-state index contributed by atoms with van der Waals surface area (Å²) in [5.41, 5.74) is 3.16. The Balaban J connectivity index is 2.06. The highest BCUT2D eigenvalue weighted by Gasteiger charge is 2.17. The van der Waals surface area contributed by atoms with Crippen LogP contribution in [0.3, 0.4) is 0 Å². The number of hydrogen-bond donors (Lipinski definition) is 1. The normalized spacial score (nSPS) is 15.0. The van der Waals surface area contributed by atoms with Crippen molar-refractivity contribution in [3.05, 3.63) is 47.2 Å². The lowest BCUT2D eigenvalue weighted by atomic mass is 9.99. The van der Waals surface area contributed by atoms with Crippen LogP contribution in [0.5, 0.6) is 0 Å². The van der Waals surface area contributed by atoms with Crippen LogP contribution < -0.4 is 5.32 Å². The lowest BCUT2D eigenvalue weighted by Gasteiger charge is -2.23. The van der Waals surface area contributed by atoms with Crippen LogP contribution >= 0.6 is 0 Å². The fourth-order valence-corrected chi connectivity index (χ4v) is 2.38. The van der Waals surface area contributed by atoms with Crippen LogP contribution in [0.1, 0.15) is 56.0 Å². The van der Waals surface area contributed by atoms with Gasteiger partial charge in [-0.05, 0) is 35.1 Å². The highest BCUT2D eigenvalue weighted by Crippen LogP contribution is 2.19. The maximum absolute atomic E-state index is 12.3. The van der Waals surface area contributed by atoms with E-state index in [2.05, 4.69) is 38.1 Å². The van der Waals surface area contributed by atoms with Gasteiger partial charge in [0.25, 0.3) is 5.91 Å². The molecule has 1 aliphatic heterocycles. The third kappa shape index (κ3) is 3.97. The molecule has 118 valence electrons. The molecule has 0 radical (unpaired) electrons. The second-order valence-electron chi connectivity index (χ2n) is 6.39. The summed E-state index contributed by atoms with van der Waals surface area (Å²) in [6.45, 7) is 8.58. The van der Waals surface area contributed by atoms with Gasteiger partial charge in [0.1, 0.15) is 5.84 Å². The first-order chi connectivity index (χ1) is 10.4. The van der Waals surface area contributed by atoms with E-state index in [-0.39, 0.29) is 5.91 Å². The fourth-order valence-electron chi connectivity index (χ4n) is 2.38. The van der Waals surface area contributed by atoms with Crippen LogP contribution in [0.25, 0.3) is 0 Å². The summed E-state index contributed by atoms with van der Waals surface area (Å²) in [6.07, 6.45) is 2.72. The van der Waals surface area contributed by atoms with Gasteiger partial charge in [-0.1, -0.05) is 39.8 Å².